The normalized spacial score (nSPS) is 10.9. The molecule has 3 aromatic carbocycles. The Hall–Kier alpha value is -3.74. The van der Waals surface area contributed by atoms with E-state index in [0.717, 1.165) is 16.8 Å². The van der Waals surface area contributed by atoms with E-state index in [4.69, 9.17) is 32.7 Å². The molecule has 0 aliphatic carbocycles. The lowest BCUT2D eigenvalue weighted by Gasteiger charge is -2.12. The fraction of sp³-hybridized carbons (Fsp3) is 0.0769. The van der Waals surface area contributed by atoms with Crippen LogP contribution in [0.15, 0.2) is 90.3 Å². The minimum absolute atomic E-state index is 0.261. The molecule has 0 saturated heterocycles. The third kappa shape index (κ3) is 5.60. The largest absolute Gasteiger partial charge is 0.493 e. The van der Waals surface area contributed by atoms with Gasteiger partial charge in [-0.25, -0.2) is 5.43 Å². The van der Waals surface area contributed by atoms with Gasteiger partial charge < -0.3 is 14.0 Å². The van der Waals surface area contributed by atoms with Crippen LogP contribution >= 0.6 is 23.2 Å². The molecule has 172 valence electrons. The summed E-state index contributed by atoms with van der Waals surface area (Å²) in [7, 11) is 1.55. The quantitative estimate of drug-likeness (QED) is 0.237. The lowest BCUT2D eigenvalue weighted by molar-refractivity contribution is 0.0955. The molecule has 0 fully saturated rings. The minimum atomic E-state index is -0.313. The summed E-state index contributed by atoms with van der Waals surface area (Å²) < 4.78 is 13.2. The summed E-state index contributed by atoms with van der Waals surface area (Å²) in [6, 6.07) is 21.7. The van der Waals surface area contributed by atoms with Crippen LogP contribution in [0.4, 0.5) is 0 Å². The van der Waals surface area contributed by atoms with E-state index in [1.165, 1.54) is 0 Å². The standard InChI is InChI=1S/C26H21Cl2N3O3/c1-33-25-14-18(8-11-24(25)34-17-19-9-10-20(27)15-22(19)28)16-29-30-26(32)21-6-2-3-7-23(21)31-12-4-5-13-31/h2-16H,17H2,1H3,(H,30,32)/b29-16-. The van der Waals surface area contributed by atoms with Crippen molar-refractivity contribution in [2.45, 2.75) is 6.61 Å². The first-order chi connectivity index (χ1) is 16.5. The Morgan fingerprint density at radius 3 is 2.56 bits per heavy atom. The van der Waals surface area contributed by atoms with Crippen LogP contribution in [0.1, 0.15) is 21.5 Å². The fourth-order valence-electron chi connectivity index (χ4n) is 3.29. The number of nitrogens with zero attached hydrogens (tertiary/aromatic N) is 2. The van der Waals surface area contributed by atoms with Gasteiger partial charge in [0.2, 0.25) is 0 Å². The lowest BCUT2D eigenvalue weighted by Crippen LogP contribution is -2.19. The molecule has 0 saturated carbocycles. The number of amides is 1. The Labute approximate surface area is 207 Å². The molecule has 0 aliphatic rings. The molecule has 0 spiro atoms. The lowest BCUT2D eigenvalue weighted by atomic mass is 10.1. The Morgan fingerprint density at radius 2 is 1.79 bits per heavy atom. The Balaban J connectivity index is 1.42. The molecule has 4 aromatic rings. The van der Waals surface area contributed by atoms with Gasteiger partial charge in [0.1, 0.15) is 6.61 Å². The van der Waals surface area contributed by atoms with E-state index in [-0.39, 0.29) is 12.5 Å². The van der Waals surface area contributed by atoms with Gasteiger partial charge in [-0.15, -0.1) is 0 Å². The van der Waals surface area contributed by atoms with Gasteiger partial charge in [0.25, 0.3) is 5.91 Å². The van der Waals surface area contributed by atoms with Crippen molar-refractivity contribution >= 4 is 35.3 Å². The molecule has 0 unspecified atom stereocenters. The Bertz CT molecular complexity index is 1320. The van der Waals surface area contributed by atoms with Crippen LogP contribution in [0.5, 0.6) is 11.5 Å². The number of nitrogens with one attached hydrogen (secondary N) is 1. The van der Waals surface area contributed by atoms with Gasteiger partial charge in [-0.1, -0.05) is 41.4 Å². The van der Waals surface area contributed by atoms with E-state index in [0.29, 0.717) is 27.1 Å². The van der Waals surface area contributed by atoms with Gasteiger partial charge in [-0.2, -0.15) is 5.10 Å². The van der Waals surface area contributed by atoms with Gasteiger partial charge in [-0.3, -0.25) is 4.79 Å². The first-order valence-corrected chi connectivity index (χ1v) is 11.1. The summed E-state index contributed by atoms with van der Waals surface area (Å²) in [5.74, 6) is 0.765. The van der Waals surface area contributed by atoms with Crippen LogP contribution < -0.4 is 14.9 Å². The number of para-hydroxylation sites is 1. The van der Waals surface area contributed by atoms with Gasteiger partial charge >= 0.3 is 0 Å². The van der Waals surface area contributed by atoms with Crippen LogP contribution in [0, 0.1) is 0 Å². The highest BCUT2D eigenvalue weighted by molar-refractivity contribution is 6.35. The van der Waals surface area contributed by atoms with Crippen molar-refractivity contribution in [2.75, 3.05) is 7.11 Å². The second kappa shape index (κ2) is 10.9. The number of carbonyl (C=O) groups excluding carboxylic acids is 1. The van der Waals surface area contributed by atoms with Crippen LogP contribution in [0.3, 0.4) is 0 Å². The third-order valence-electron chi connectivity index (χ3n) is 5.00. The average molecular weight is 494 g/mol. The van der Waals surface area contributed by atoms with Crippen LogP contribution in [0.25, 0.3) is 5.69 Å². The maximum Gasteiger partial charge on any atom is 0.273 e. The molecule has 6 nitrogen and oxygen atoms in total. The maximum absolute atomic E-state index is 12.7. The van der Waals surface area contributed by atoms with Crippen molar-refractivity contribution in [3.05, 3.63) is 112 Å². The number of benzene rings is 3. The summed E-state index contributed by atoms with van der Waals surface area (Å²) in [6.07, 6.45) is 5.30. The van der Waals surface area contributed by atoms with Gasteiger partial charge in [-0.05, 0) is 60.2 Å². The van der Waals surface area contributed by atoms with Crippen molar-refractivity contribution in [3.8, 4) is 17.2 Å². The van der Waals surface area contributed by atoms with Gasteiger partial charge in [0.05, 0.1) is 24.6 Å². The molecule has 4 rings (SSSR count). The van der Waals surface area contributed by atoms with E-state index < -0.39 is 0 Å². The number of hydrogen-bond acceptors (Lipinski definition) is 4. The van der Waals surface area contributed by atoms with Crippen molar-refractivity contribution in [2.24, 2.45) is 5.10 Å². The molecule has 0 atom stereocenters. The minimum Gasteiger partial charge on any atom is -0.493 e. The highest BCUT2D eigenvalue weighted by Gasteiger charge is 2.11. The molecule has 0 radical (unpaired) electrons. The number of hydrogen-bond donors (Lipinski definition) is 1. The zero-order valence-corrected chi connectivity index (χ0v) is 19.8. The van der Waals surface area contributed by atoms with Crippen LogP contribution in [0.2, 0.25) is 10.0 Å². The van der Waals surface area contributed by atoms with E-state index in [9.17, 15) is 4.79 Å². The molecule has 1 N–H and O–H groups in total. The number of methoxy groups -OCH3 is 1. The van der Waals surface area contributed by atoms with Crippen LogP contribution in [-0.4, -0.2) is 23.8 Å². The SMILES string of the molecule is COc1cc(/C=N\NC(=O)c2ccccc2-n2cccc2)ccc1OCc1ccc(Cl)cc1Cl. The molecule has 34 heavy (non-hydrogen) atoms. The summed E-state index contributed by atoms with van der Waals surface area (Å²) in [5.41, 5.74) is 5.40. The predicted octanol–water partition coefficient (Wildman–Crippen LogP) is 6.14. The predicted molar refractivity (Wildman–Crippen MR) is 135 cm³/mol. The number of carbonyl (C=O) groups is 1. The summed E-state index contributed by atoms with van der Waals surface area (Å²) in [5, 5.41) is 5.20. The number of ether oxygens (including phenoxy) is 2. The van der Waals surface area contributed by atoms with Crippen molar-refractivity contribution in [1.29, 1.82) is 0 Å². The summed E-state index contributed by atoms with van der Waals surface area (Å²) in [6.45, 7) is 0.261. The first-order valence-electron chi connectivity index (χ1n) is 10.4. The van der Waals surface area contributed by atoms with E-state index in [1.807, 2.05) is 59.4 Å². The van der Waals surface area contributed by atoms with Crippen molar-refractivity contribution in [1.82, 2.24) is 9.99 Å². The first kappa shape index (κ1) is 23.4. The van der Waals surface area contributed by atoms with E-state index >= 15 is 0 Å². The molecule has 0 bridgehead atoms. The van der Waals surface area contributed by atoms with Crippen molar-refractivity contribution in [3.63, 3.8) is 0 Å². The summed E-state index contributed by atoms with van der Waals surface area (Å²) in [4.78, 5) is 12.7. The molecular weight excluding hydrogens is 473 g/mol. The molecular formula is C26H21Cl2N3O3. The van der Waals surface area contributed by atoms with Crippen molar-refractivity contribution < 1.29 is 14.3 Å². The second-order valence-corrected chi connectivity index (χ2v) is 8.08. The van der Waals surface area contributed by atoms with E-state index in [2.05, 4.69) is 10.5 Å². The Morgan fingerprint density at radius 1 is 1.00 bits per heavy atom. The number of halogens is 2. The second-order valence-electron chi connectivity index (χ2n) is 7.24. The number of aromatic nitrogens is 1. The zero-order chi connectivity index (χ0) is 23.9. The molecule has 0 aliphatic heterocycles. The van der Waals surface area contributed by atoms with Gasteiger partial charge in [0.15, 0.2) is 11.5 Å². The molecule has 1 heterocycles. The zero-order valence-electron chi connectivity index (χ0n) is 18.2. The smallest absolute Gasteiger partial charge is 0.273 e. The highest BCUT2D eigenvalue weighted by Crippen LogP contribution is 2.30. The maximum atomic E-state index is 12.7. The van der Waals surface area contributed by atoms with E-state index in [1.54, 1.807) is 43.7 Å². The molecule has 1 aromatic heterocycles. The average Bonchev–Trinajstić information content (AvgIpc) is 3.39. The third-order valence-corrected chi connectivity index (χ3v) is 5.58. The monoisotopic (exact) mass is 493 g/mol. The highest BCUT2D eigenvalue weighted by atomic mass is 35.5. The molecule has 8 heteroatoms. The fourth-order valence-corrected chi connectivity index (χ4v) is 3.75. The number of rotatable bonds is 8. The summed E-state index contributed by atoms with van der Waals surface area (Å²) >= 11 is 12.2. The molecule has 1 amide bonds. The van der Waals surface area contributed by atoms with Gasteiger partial charge in [0, 0.05) is 28.0 Å². The van der Waals surface area contributed by atoms with Crippen LogP contribution in [-0.2, 0) is 6.61 Å². The topological polar surface area (TPSA) is 64.8 Å². The Kier molecular flexibility index (Phi) is 7.52. The number of hydrazone groups is 1.